The highest BCUT2D eigenvalue weighted by molar-refractivity contribution is 14.0. The fourth-order valence-corrected chi connectivity index (χ4v) is 4.55. The van der Waals surface area contributed by atoms with Crippen molar-refractivity contribution in [3.8, 4) is 11.5 Å². The van der Waals surface area contributed by atoms with E-state index in [0.717, 1.165) is 50.2 Å². The average Bonchev–Trinajstić information content (AvgIpc) is 3.21. The van der Waals surface area contributed by atoms with Crippen molar-refractivity contribution in [3.63, 3.8) is 0 Å². The third-order valence-corrected chi connectivity index (χ3v) is 6.17. The van der Waals surface area contributed by atoms with Gasteiger partial charge in [-0.2, -0.15) is 0 Å². The van der Waals surface area contributed by atoms with E-state index >= 15 is 0 Å². The van der Waals surface area contributed by atoms with Gasteiger partial charge in [0.1, 0.15) is 0 Å². The molecule has 1 aliphatic heterocycles. The maximum absolute atomic E-state index is 5.71. The van der Waals surface area contributed by atoms with Crippen LogP contribution in [0.2, 0.25) is 0 Å². The van der Waals surface area contributed by atoms with Gasteiger partial charge in [-0.05, 0) is 45.0 Å². The van der Waals surface area contributed by atoms with Crippen molar-refractivity contribution in [2.75, 3.05) is 58.4 Å². The monoisotopic (exact) mass is 574 g/mol. The SMILES string of the molecule is CCNC(=NCC(c1ccc(C)s1)N1CCOCC1)Nc1ccc(OC)c(OCC)c1.I. The second-order valence-corrected chi connectivity index (χ2v) is 8.58. The zero-order valence-electron chi connectivity index (χ0n) is 19.3. The Bertz CT molecular complexity index is 856. The van der Waals surface area contributed by atoms with Crippen molar-refractivity contribution in [2.45, 2.75) is 26.8 Å². The van der Waals surface area contributed by atoms with Crippen molar-refractivity contribution >= 4 is 47.0 Å². The number of anilines is 1. The summed E-state index contributed by atoms with van der Waals surface area (Å²) < 4.78 is 16.7. The van der Waals surface area contributed by atoms with Gasteiger partial charge in [0, 0.05) is 41.1 Å². The number of rotatable bonds is 9. The number of aliphatic imine (C=N–C) groups is 1. The highest BCUT2D eigenvalue weighted by atomic mass is 127. The molecule has 0 aliphatic carbocycles. The number of methoxy groups -OCH3 is 1. The van der Waals surface area contributed by atoms with Crippen molar-refractivity contribution in [3.05, 3.63) is 40.1 Å². The summed E-state index contributed by atoms with van der Waals surface area (Å²) in [7, 11) is 1.65. The summed E-state index contributed by atoms with van der Waals surface area (Å²) in [6.45, 7) is 11.6. The first-order valence-electron chi connectivity index (χ1n) is 10.9. The van der Waals surface area contributed by atoms with Crippen molar-refractivity contribution in [1.82, 2.24) is 10.2 Å². The molecule has 178 valence electrons. The normalized spacial score (nSPS) is 15.6. The van der Waals surface area contributed by atoms with Crippen LogP contribution in [0.1, 0.15) is 29.6 Å². The van der Waals surface area contributed by atoms with Gasteiger partial charge in [-0.3, -0.25) is 9.89 Å². The number of guanidine groups is 1. The molecule has 0 radical (unpaired) electrons. The molecule has 7 nitrogen and oxygen atoms in total. The van der Waals surface area contributed by atoms with E-state index in [1.54, 1.807) is 7.11 Å². The number of hydrogen-bond acceptors (Lipinski definition) is 6. The smallest absolute Gasteiger partial charge is 0.195 e. The van der Waals surface area contributed by atoms with E-state index in [1.807, 2.05) is 36.5 Å². The number of benzene rings is 1. The zero-order chi connectivity index (χ0) is 22.1. The molecule has 1 fully saturated rings. The average molecular weight is 575 g/mol. The van der Waals surface area contributed by atoms with Crippen molar-refractivity contribution in [1.29, 1.82) is 0 Å². The van der Waals surface area contributed by atoms with E-state index in [4.69, 9.17) is 19.2 Å². The molecule has 1 aromatic carbocycles. The topological polar surface area (TPSA) is 67.4 Å². The van der Waals surface area contributed by atoms with E-state index in [2.05, 4.69) is 41.5 Å². The highest BCUT2D eigenvalue weighted by Crippen LogP contribution is 2.31. The molecule has 0 amide bonds. The number of morpholine rings is 1. The van der Waals surface area contributed by atoms with Crippen LogP contribution >= 0.6 is 35.3 Å². The lowest BCUT2D eigenvalue weighted by Crippen LogP contribution is -2.40. The lowest BCUT2D eigenvalue weighted by molar-refractivity contribution is 0.0187. The maximum Gasteiger partial charge on any atom is 0.195 e. The minimum absolute atomic E-state index is 0. The number of hydrogen-bond donors (Lipinski definition) is 2. The Hall–Kier alpha value is -1.56. The molecule has 2 heterocycles. The maximum atomic E-state index is 5.71. The van der Waals surface area contributed by atoms with Gasteiger partial charge in [0.25, 0.3) is 0 Å². The number of thiophene rings is 1. The number of nitrogens with one attached hydrogen (secondary N) is 2. The molecule has 0 spiro atoms. The van der Waals surface area contributed by atoms with Gasteiger partial charge < -0.3 is 24.8 Å². The molecule has 0 saturated carbocycles. The molecule has 3 rings (SSSR count). The minimum atomic E-state index is 0. The molecule has 1 atom stereocenters. The molecule has 1 saturated heterocycles. The number of ether oxygens (including phenoxy) is 3. The van der Waals surface area contributed by atoms with Crippen LogP contribution < -0.4 is 20.1 Å². The van der Waals surface area contributed by atoms with Crippen LogP contribution in [0.15, 0.2) is 35.3 Å². The fourth-order valence-electron chi connectivity index (χ4n) is 3.55. The number of halogens is 1. The molecule has 1 aliphatic rings. The summed E-state index contributed by atoms with van der Waals surface area (Å²) in [5.74, 6) is 2.18. The Morgan fingerprint density at radius 3 is 2.59 bits per heavy atom. The molecule has 2 aromatic rings. The molecule has 32 heavy (non-hydrogen) atoms. The third kappa shape index (κ3) is 7.50. The predicted molar refractivity (Wildman–Crippen MR) is 143 cm³/mol. The molecule has 9 heteroatoms. The quantitative estimate of drug-likeness (QED) is 0.261. The Morgan fingerprint density at radius 1 is 1.19 bits per heavy atom. The first kappa shape index (κ1) is 26.7. The molecule has 0 bridgehead atoms. The van der Waals surface area contributed by atoms with Gasteiger partial charge in [0.15, 0.2) is 17.5 Å². The van der Waals surface area contributed by atoms with Crippen LogP contribution in [0, 0.1) is 6.92 Å². The summed E-state index contributed by atoms with van der Waals surface area (Å²) >= 11 is 1.85. The minimum Gasteiger partial charge on any atom is -0.493 e. The second-order valence-electron chi connectivity index (χ2n) is 7.26. The van der Waals surface area contributed by atoms with E-state index in [-0.39, 0.29) is 30.0 Å². The Kier molecular flexibility index (Phi) is 11.6. The van der Waals surface area contributed by atoms with E-state index in [1.165, 1.54) is 9.75 Å². The van der Waals surface area contributed by atoms with Crippen molar-refractivity contribution in [2.24, 2.45) is 4.99 Å². The van der Waals surface area contributed by atoms with Crippen molar-refractivity contribution < 1.29 is 14.2 Å². The fraction of sp³-hybridized carbons (Fsp3) is 0.522. The molecular formula is C23H35IN4O3S. The van der Waals surface area contributed by atoms with Gasteiger partial charge in [0.2, 0.25) is 0 Å². The Labute approximate surface area is 212 Å². The van der Waals surface area contributed by atoms with Crippen LogP contribution in [-0.4, -0.2) is 64.0 Å². The zero-order valence-corrected chi connectivity index (χ0v) is 22.5. The highest BCUT2D eigenvalue weighted by Gasteiger charge is 2.24. The van der Waals surface area contributed by atoms with E-state index in [0.29, 0.717) is 18.9 Å². The largest absolute Gasteiger partial charge is 0.493 e. The molecule has 2 N–H and O–H groups in total. The van der Waals surface area contributed by atoms with Crippen LogP contribution in [0.25, 0.3) is 0 Å². The standard InChI is InChI=1S/C23H34N4O3S.HI/c1-5-24-23(26-18-8-9-20(28-4)21(15-18)30-6-2)25-16-19(22-10-7-17(3)31-22)27-11-13-29-14-12-27;/h7-10,15,19H,5-6,11-14,16H2,1-4H3,(H2,24,25,26);1H. The summed E-state index contributed by atoms with van der Waals surface area (Å²) in [5.41, 5.74) is 0.902. The van der Waals surface area contributed by atoms with Gasteiger partial charge in [-0.1, -0.05) is 0 Å². The van der Waals surface area contributed by atoms with Gasteiger partial charge in [0.05, 0.1) is 39.5 Å². The first-order chi connectivity index (χ1) is 15.1. The summed E-state index contributed by atoms with van der Waals surface area (Å²) in [6, 6.07) is 10.5. The third-order valence-electron chi connectivity index (χ3n) is 5.07. The van der Waals surface area contributed by atoms with Crippen LogP contribution in [0.4, 0.5) is 5.69 Å². The predicted octanol–water partition coefficient (Wildman–Crippen LogP) is 4.53. The van der Waals surface area contributed by atoms with Gasteiger partial charge >= 0.3 is 0 Å². The summed E-state index contributed by atoms with van der Waals surface area (Å²) in [5, 5.41) is 6.76. The summed E-state index contributed by atoms with van der Waals surface area (Å²) in [4.78, 5) is 10.1. The lowest BCUT2D eigenvalue weighted by Gasteiger charge is -2.33. The Morgan fingerprint density at radius 2 is 1.97 bits per heavy atom. The van der Waals surface area contributed by atoms with Gasteiger partial charge in [-0.25, -0.2) is 0 Å². The summed E-state index contributed by atoms with van der Waals surface area (Å²) in [6.07, 6.45) is 0. The molecule has 1 unspecified atom stereocenters. The first-order valence-corrected chi connectivity index (χ1v) is 11.7. The Balaban J connectivity index is 0.00000363. The second kappa shape index (κ2) is 13.9. The number of nitrogens with zero attached hydrogens (tertiary/aromatic N) is 2. The van der Waals surface area contributed by atoms with E-state index in [9.17, 15) is 0 Å². The van der Waals surface area contributed by atoms with E-state index < -0.39 is 0 Å². The van der Waals surface area contributed by atoms with Crippen LogP contribution in [0.5, 0.6) is 11.5 Å². The van der Waals surface area contributed by atoms with Crippen LogP contribution in [-0.2, 0) is 4.74 Å². The van der Waals surface area contributed by atoms with Gasteiger partial charge in [-0.15, -0.1) is 35.3 Å². The lowest BCUT2D eigenvalue weighted by atomic mass is 10.2. The molecular weight excluding hydrogens is 539 g/mol. The molecule has 1 aromatic heterocycles. The van der Waals surface area contributed by atoms with Crippen LogP contribution in [0.3, 0.4) is 0 Å². The number of aryl methyl sites for hydroxylation is 1.